The number of thioether (sulfide) groups is 1. The average molecular weight is 410 g/mol. The number of nitrogens with zero attached hydrogens (tertiary/aromatic N) is 1. The van der Waals surface area contributed by atoms with Crippen LogP contribution in [0.5, 0.6) is 0 Å². The summed E-state index contributed by atoms with van der Waals surface area (Å²) in [5.41, 5.74) is 5.05. The van der Waals surface area contributed by atoms with Crippen molar-refractivity contribution >= 4 is 28.7 Å². The SMILES string of the molecule is CO[C@H]1C[C@@]2(C)CSC(NC(=O)OC(C)(C)C)=N[C@@]2(c2cc(N)ccc2F)C1. The molecule has 6 nitrogen and oxygen atoms in total. The lowest BCUT2D eigenvalue weighted by Gasteiger charge is -2.44. The van der Waals surface area contributed by atoms with Gasteiger partial charge in [0.1, 0.15) is 17.0 Å². The highest BCUT2D eigenvalue weighted by atomic mass is 32.2. The second-order valence-electron chi connectivity index (χ2n) is 8.76. The Morgan fingerprint density at radius 3 is 2.75 bits per heavy atom. The second kappa shape index (κ2) is 7.22. The molecular formula is C20H28FN3O3S. The molecule has 0 spiro atoms. The molecular weight excluding hydrogens is 381 g/mol. The topological polar surface area (TPSA) is 85.9 Å². The van der Waals surface area contributed by atoms with Gasteiger partial charge < -0.3 is 15.2 Å². The van der Waals surface area contributed by atoms with E-state index in [9.17, 15) is 9.18 Å². The molecule has 28 heavy (non-hydrogen) atoms. The summed E-state index contributed by atoms with van der Waals surface area (Å²) >= 11 is 1.44. The number of nitrogens with one attached hydrogen (secondary N) is 1. The minimum atomic E-state index is -0.872. The zero-order valence-corrected chi connectivity index (χ0v) is 17.8. The van der Waals surface area contributed by atoms with Gasteiger partial charge in [0.2, 0.25) is 0 Å². The van der Waals surface area contributed by atoms with Crippen LogP contribution < -0.4 is 11.1 Å². The summed E-state index contributed by atoms with van der Waals surface area (Å²) in [4.78, 5) is 17.1. The maximum absolute atomic E-state index is 14.9. The third kappa shape index (κ3) is 3.85. The second-order valence-corrected chi connectivity index (χ2v) is 9.72. The van der Waals surface area contributed by atoms with Gasteiger partial charge in [-0.1, -0.05) is 18.7 Å². The van der Waals surface area contributed by atoms with Crippen molar-refractivity contribution in [3.05, 3.63) is 29.6 Å². The fraction of sp³-hybridized carbons (Fsp3) is 0.600. The minimum absolute atomic E-state index is 0.0592. The van der Waals surface area contributed by atoms with E-state index in [0.29, 0.717) is 28.6 Å². The number of amidine groups is 1. The van der Waals surface area contributed by atoms with E-state index in [1.165, 1.54) is 23.9 Å². The lowest BCUT2D eigenvalue weighted by atomic mass is 9.70. The molecule has 1 amide bonds. The van der Waals surface area contributed by atoms with Gasteiger partial charge in [-0.3, -0.25) is 5.32 Å². The Morgan fingerprint density at radius 2 is 2.11 bits per heavy atom. The molecule has 1 aliphatic carbocycles. The number of halogens is 1. The molecule has 1 aromatic rings. The van der Waals surface area contributed by atoms with Gasteiger partial charge in [-0.05, 0) is 45.4 Å². The zero-order valence-electron chi connectivity index (χ0n) is 17.0. The van der Waals surface area contributed by atoms with Crippen LogP contribution in [-0.4, -0.2) is 35.8 Å². The third-order valence-electron chi connectivity index (χ3n) is 5.40. The first kappa shape index (κ1) is 20.9. The van der Waals surface area contributed by atoms with E-state index in [2.05, 4.69) is 12.2 Å². The molecule has 8 heteroatoms. The molecule has 1 saturated carbocycles. The van der Waals surface area contributed by atoms with Crippen LogP contribution >= 0.6 is 11.8 Å². The summed E-state index contributed by atoms with van der Waals surface area (Å²) in [6, 6.07) is 4.56. The Balaban J connectivity index is 2.04. The molecule has 3 rings (SSSR count). The standard InChI is InChI=1S/C20H28FN3O3S/c1-18(2,3)27-17(25)23-16-24-20(14-8-12(22)6-7-15(14)21)10-13(26-5)9-19(20,4)11-28-16/h6-8,13H,9-11,22H2,1-5H3,(H,23,24,25)/t13-,19-,20+/m0/s1. The molecule has 0 aromatic heterocycles. The van der Waals surface area contributed by atoms with Crippen LogP contribution in [0, 0.1) is 11.2 Å². The van der Waals surface area contributed by atoms with Crippen molar-refractivity contribution in [2.24, 2.45) is 10.4 Å². The smallest absolute Gasteiger partial charge is 0.413 e. The lowest BCUT2D eigenvalue weighted by Crippen LogP contribution is -2.47. The Morgan fingerprint density at radius 1 is 1.39 bits per heavy atom. The van der Waals surface area contributed by atoms with Crippen LogP contribution in [-0.2, 0) is 15.0 Å². The highest BCUT2D eigenvalue weighted by molar-refractivity contribution is 8.13. The van der Waals surface area contributed by atoms with Crippen molar-refractivity contribution in [2.75, 3.05) is 18.6 Å². The number of nitrogen functional groups attached to an aromatic ring is 1. The molecule has 0 radical (unpaired) electrons. The van der Waals surface area contributed by atoms with Crippen molar-refractivity contribution in [2.45, 2.75) is 57.8 Å². The first-order valence-corrected chi connectivity index (χ1v) is 10.3. The highest BCUT2D eigenvalue weighted by Gasteiger charge is 2.59. The van der Waals surface area contributed by atoms with Crippen LogP contribution in [0.4, 0.5) is 14.9 Å². The highest BCUT2D eigenvalue weighted by Crippen LogP contribution is 2.60. The molecule has 1 fully saturated rings. The number of alkyl carbamates (subject to hydrolysis) is 1. The van der Waals surface area contributed by atoms with Crippen molar-refractivity contribution in [1.29, 1.82) is 0 Å². The van der Waals surface area contributed by atoms with Gasteiger partial charge in [0.05, 0.1) is 6.10 Å². The number of aliphatic imine (C=N–C) groups is 1. The van der Waals surface area contributed by atoms with E-state index in [-0.39, 0.29) is 17.3 Å². The molecule has 0 bridgehead atoms. The molecule has 1 aliphatic heterocycles. The number of hydrogen-bond donors (Lipinski definition) is 2. The van der Waals surface area contributed by atoms with E-state index in [1.807, 2.05) is 0 Å². The number of rotatable bonds is 2. The number of benzene rings is 1. The normalized spacial score (nSPS) is 29.8. The van der Waals surface area contributed by atoms with E-state index < -0.39 is 17.2 Å². The zero-order chi connectivity index (χ0) is 20.7. The van der Waals surface area contributed by atoms with Gasteiger partial charge >= 0.3 is 6.09 Å². The van der Waals surface area contributed by atoms with Gasteiger partial charge in [0, 0.05) is 35.9 Å². The summed E-state index contributed by atoms with van der Waals surface area (Å²) in [6.45, 7) is 7.48. The Hall–Kier alpha value is -1.80. The first-order valence-electron chi connectivity index (χ1n) is 9.29. The van der Waals surface area contributed by atoms with E-state index in [0.717, 1.165) is 6.42 Å². The maximum atomic E-state index is 14.9. The van der Waals surface area contributed by atoms with Crippen LogP contribution in [0.1, 0.15) is 46.1 Å². The van der Waals surface area contributed by atoms with Crippen LogP contribution in [0.15, 0.2) is 23.2 Å². The van der Waals surface area contributed by atoms with Crippen molar-refractivity contribution in [3.63, 3.8) is 0 Å². The molecule has 0 unspecified atom stereocenters. The predicted octanol–water partition coefficient (Wildman–Crippen LogP) is 4.05. The van der Waals surface area contributed by atoms with Crippen molar-refractivity contribution in [3.8, 4) is 0 Å². The Kier molecular flexibility index (Phi) is 5.40. The van der Waals surface area contributed by atoms with Gasteiger partial charge in [0.15, 0.2) is 5.17 Å². The van der Waals surface area contributed by atoms with Gasteiger partial charge in [0.25, 0.3) is 0 Å². The largest absolute Gasteiger partial charge is 0.444 e. The van der Waals surface area contributed by atoms with Gasteiger partial charge in [-0.15, -0.1) is 0 Å². The monoisotopic (exact) mass is 409 g/mol. The van der Waals surface area contributed by atoms with Crippen molar-refractivity contribution in [1.82, 2.24) is 5.32 Å². The van der Waals surface area contributed by atoms with Crippen LogP contribution in [0.3, 0.4) is 0 Å². The fourth-order valence-electron chi connectivity index (χ4n) is 4.09. The van der Waals surface area contributed by atoms with E-state index in [1.54, 1.807) is 33.9 Å². The maximum Gasteiger partial charge on any atom is 0.413 e. The van der Waals surface area contributed by atoms with E-state index in [4.69, 9.17) is 20.2 Å². The number of carbonyl (C=O) groups is 1. The Labute approximate surface area is 169 Å². The molecule has 154 valence electrons. The lowest BCUT2D eigenvalue weighted by molar-refractivity contribution is 0.0563. The quantitative estimate of drug-likeness (QED) is 0.720. The summed E-state index contributed by atoms with van der Waals surface area (Å²) in [7, 11) is 1.66. The fourth-order valence-corrected chi connectivity index (χ4v) is 5.28. The molecule has 0 saturated heterocycles. The molecule has 1 heterocycles. The number of hydrogen-bond acceptors (Lipinski definition) is 6. The van der Waals surface area contributed by atoms with E-state index >= 15 is 0 Å². The number of ether oxygens (including phenoxy) is 2. The molecule has 3 N–H and O–H groups in total. The number of fused-ring (bicyclic) bond motifs is 1. The predicted molar refractivity (Wildman–Crippen MR) is 110 cm³/mol. The minimum Gasteiger partial charge on any atom is -0.444 e. The van der Waals surface area contributed by atoms with Crippen LogP contribution in [0.2, 0.25) is 0 Å². The summed E-state index contributed by atoms with van der Waals surface area (Å²) in [5, 5.41) is 3.15. The first-order chi connectivity index (χ1) is 13.0. The summed E-state index contributed by atoms with van der Waals surface area (Å²) < 4.78 is 25.9. The summed E-state index contributed by atoms with van der Waals surface area (Å²) in [6.07, 6.45) is 0.622. The average Bonchev–Trinajstić information content (AvgIpc) is 2.88. The number of anilines is 1. The number of nitrogens with two attached hydrogens (primary N) is 1. The third-order valence-corrected chi connectivity index (χ3v) is 6.65. The summed E-state index contributed by atoms with van der Waals surface area (Å²) in [5.74, 6) is 0.305. The molecule has 2 aliphatic rings. The molecule has 3 atom stereocenters. The number of methoxy groups -OCH3 is 1. The van der Waals surface area contributed by atoms with Gasteiger partial charge in [-0.25, -0.2) is 14.2 Å². The molecule has 1 aromatic carbocycles. The number of amides is 1. The van der Waals surface area contributed by atoms with Gasteiger partial charge in [-0.2, -0.15) is 0 Å². The van der Waals surface area contributed by atoms with Crippen molar-refractivity contribution < 1.29 is 18.7 Å². The van der Waals surface area contributed by atoms with Crippen LogP contribution in [0.25, 0.3) is 0 Å². The number of carbonyl (C=O) groups excluding carboxylic acids is 1. The Bertz CT molecular complexity index is 810.